The normalized spacial score (nSPS) is 14.5. The number of benzene rings is 3. The first-order chi connectivity index (χ1) is 16.3. The van der Waals surface area contributed by atoms with Crippen LogP contribution >= 0.6 is 15.9 Å². The summed E-state index contributed by atoms with van der Waals surface area (Å²) < 4.78 is 12.2. The number of urea groups is 1. The lowest BCUT2D eigenvalue weighted by Gasteiger charge is -2.13. The van der Waals surface area contributed by atoms with Crippen LogP contribution in [0.25, 0.3) is 6.08 Å². The maximum Gasteiger partial charge on any atom is 0.329 e. The number of hydrogen-bond acceptors (Lipinski definition) is 4. The molecule has 4 rings (SSSR count). The molecule has 0 spiro atoms. The lowest BCUT2D eigenvalue weighted by atomic mass is 10.1. The number of methoxy groups -OCH3 is 1. The van der Waals surface area contributed by atoms with E-state index in [2.05, 4.69) is 27.3 Å². The summed E-state index contributed by atoms with van der Waals surface area (Å²) in [6.07, 6.45) is 1.63. The van der Waals surface area contributed by atoms with Gasteiger partial charge in [0.05, 0.1) is 13.7 Å². The van der Waals surface area contributed by atoms with Crippen molar-refractivity contribution in [1.82, 2.24) is 10.2 Å². The lowest BCUT2D eigenvalue weighted by molar-refractivity contribution is -0.123. The number of aryl methyl sites for hydroxylation is 2. The molecule has 0 unspecified atom stereocenters. The number of amides is 3. The van der Waals surface area contributed by atoms with Crippen molar-refractivity contribution in [3.63, 3.8) is 0 Å². The second-order valence-electron chi connectivity index (χ2n) is 8.17. The summed E-state index contributed by atoms with van der Waals surface area (Å²) in [5.74, 6) is 0.717. The number of nitrogens with zero attached hydrogens (tertiary/aromatic N) is 1. The van der Waals surface area contributed by atoms with Crippen molar-refractivity contribution >= 4 is 33.9 Å². The van der Waals surface area contributed by atoms with E-state index in [-0.39, 0.29) is 18.1 Å². The van der Waals surface area contributed by atoms with Crippen molar-refractivity contribution in [2.45, 2.75) is 27.0 Å². The second-order valence-corrected chi connectivity index (χ2v) is 9.03. The minimum atomic E-state index is -0.445. The van der Waals surface area contributed by atoms with Gasteiger partial charge in [-0.25, -0.2) is 4.79 Å². The van der Waals surface area contributed by atoms with Gasteiger partial charge in [-0.05, 0) is 48.7 Å². The third-order valence-corrected chi connectivity index (χ3v) is 6.13. The molecule has 3 aromatic rings. The number of carbonyl (C=O) groups is 2. The minimum absolute atomic E-state index is 0.203. The smallest absolute Gasteiger partial charge is 0.329 e. The zero-order valence-electron chi connectivity index (χ0n) is 19.2. The van der Waals surface area contributed by atoms with Crippen LogP contribution in [0.5, 0.6) is 11.5 Å². The largest absolute Gasteiger partial charge is 0.493 e. The Labute approximate surface area is 207 Å². The molecule has 34 heavy (non-hydrogen) atoms. The van der Waals surface area contributed by atoms with Gasteiger partial charge in [0.1, 0.15) is 12.3 Å². The molecular weight excluding hydrogens is 496 g/mol. The Morgan fingerprint density at radius 2 is 1.62 bits per heavy atom. The Morgan fingerprint density at radius 3 is 2.29 bits per heavy atom. The Balaban J connectivity index is 1.54. The third kappa shape index (κ3) is 5.31. The number of hydrogen-bond donors (Lipinski definition) is 1. The molecule has 0 bridgehead atoms. The highest BCUT2D eigenvalue weighted by Gasteiger charge is 2.33. The van der Waals surface area contributed by atoms with Gasteiger partial charge in [0.25, 0.3) is 5.91 Å². The average molecular weight is 521 g/mol. The molecule has 0 atom stereocenters. The predicted octanol–water partition coefficient (Wildman–Crippen LogP) is 5.75. The quantitative estimate of drug-likeness (QED) is 0.318. The van der Waals surface area contributed by atoms with E-state index in [9.17, 15) is 9.59 Å². The fourth-order valence-electron chi connectivity index (χ4n) is 3.76. The number of rotatable bonds is 7. The first-order valence-corrected chi connectivity index (χ1v) is 11.6. The summed E-state index contributed by atoms with van der Waals surface area (Å²) in [7, 11) is 1.56. The molecule has 0 aromatic heterocycles. The van der Waals surface area contributed by atoms with E-state index in [4.69, 9.17) is 9.47 Å². The fraction of sp³-hybridized carbons (Fsp3) is 0.185. The highest BCUT2D eigenvalue weighted by molar-refractivity contribution is 9.10. The van der Waals surface area contributed by atoms with E-state index in [1.54, 1.807) is 25.3 Å². The van der Waals surface area contributed by atoms with Crippen molar-refractivity contribution in [3.05, 3.63) is 98.7 Å². The lowest BCUT2D eigenvalue weighted by Crippen LogP contribution is -2.30. The number of carbonyl (C=O) groups excluding carboxylic acids is 2. The van der Waals surface area contributed by atoms with Gasteiger partial charge in [-0.3, -0.25) is 9.69 Å². The van der Waals surface area contributed by atoms with Gasteiger partial charge in [-0.1, -0.05) is 75.6 Å². The summed E-state index contributed by atoms with van der Waals surface area (Å²) >= 11 is 3.55. The van der Waals surface area contributed by atoms with Crippen LogP contribution in [-0.2, 0) is 17.9 Å². The number of imide groups is 1. The van der Waals surface area contributed by atoms with Crippen molar-refractivity contribution in [3.8, 4) is 11.5 Å². The van der Waals surface area contributed by atoms with E-state index in [1.807, 2.05) is 56.3 Å². The molecule has 1 fully saturated rings. The van der Waals surface area contributed by atoms with E-state index in [0.29, 0.717) is 28.1 Å². The van der Waals surface area contributed by atoms with Crippen LogP contribution in [0.3, 0.4) is 0 Å². The third-order valence-electron chi connectivity index (χ3n) is 5.45. The topological polar surface area (TPSA) is 67.9 Å². The summed E-state index contributed by atoms with van der Waals surface area (Å²) in [5, 5.41) is 2.67. The summed E-state index contributed by atoms with van der Waals surface area (Å²) in [5.41, 5.74) is 5.06. The molecule has 1 heterocycles. The molecule has 0 radical (unpaired) electrons. The van der Waals surface area contributed by atoms with Crippen LogP contribution < -0.4 is 14.8 Å². The standard InChI is InChI=1S/C27H25BrN2O4/c1-17-6-4-8-19(10-17)15-30-26(31)23(29-27(30)32)12-21-13-24(33-3)25(14-22(21)28)34-16-20-9-5-7-18(2)11-20/h4-14H,15-16H2,1-3H3,(H,29,32)/b23-12+. The van der Waals surface area contributed by atoms with Crippen LogP contribution in [0.4, 0.5) is 4.79 Å². The number of nitrogens with one attached hydrogen (secondary N) is 1. The maximum absolute atomic E-state index is 12.9. The highest BCUT2D eigenvalue weighted by atomic mass is 79.9. The number of ether oxygens (including phenoxy) is 2. The Bertz CT molecular complexity index is 1290. The average Bonchev–Trinajstić information content (AvgIpc) is 3.06. The first-order valence-electron chi connectivity index (χ1n) is 10.8. The molecule has 1 saturated heterocycles. The van der Waals surface area contributed by atoms with Crippen LogP contribution in [0, 0.1) is 13.8 Å². The van der Waals surface area contributed by atoms with E-state index >= 15 is 0 Å². The van der Waals surface area contributed by atoms with Gasteiger partial charge < -0.3 is 14.8 Å². The van der Waals surface area contributed by atoms with Gasteiger partial charge in [0.15, 0.2) is 11.5 Å². The van der Waals surface area contributed by atoms with E-state index < -0.39 is 6.03 Å². The Morgan fingerprint density at radius 1 is 0.941 bits per heavy atom. The summed E-state index contributed by atoms with van der Waals surface area (Å²) in [4.78, 5) is 26.6. The molecule has 1 aliphatic rings. The van der Waals surface area contributed by atoms with Gasteiger partial charge in [-0.15, -0.1) is 0 Å². The van der Waals surface area contributed by atoms with Gasteiger partial charge >= 0.3 is 6.03 Å². The molecule has 174 valence electrons. The molecule has 0 saturated carbocycles. The zero-order chi connectivity index (χ0) is 24.2. The summed E-state index contributed by atoms with van der Waals surface area (Å²) in [6, 6.07) is 19.0. The van der Waals surface area contributed by atoms with Crippen LogP contribution in [0.15, 0.2) is 70.8 Å². The molecule has 7 heteroatoms. The molecular formula is C27H25BrN2O4. The molecule has 3 aromatic carbocycles. The molecule has 1 N–H and O–H groups in total. The first kappa shape index (κ1) is 23.6. The Kier molecular flexibility index (Phi) is 7.03. The summed E-state index contributed by atoms with van der Waals surface area (Å²) in [6.45, 7) is 4.61. The van der Waals surface area contributed by atoms with Gasteiger partial charge in [-0.2, -0.15) is 0 Å². The monoisotopic (exact) mass is 520 g/mol. The maximum atomic E-state index is 12.9. The van der Waals surface area contributed by atoms with Crippen molar-refractivity contribution < 1.29 is 19.1 Å². The predicted molar refractivity (Wildman–Crippen MR) is 134 cm³/mol. The molecule has 1 aliphatic heterocycles. The number of halogens is 1. The molecule has 0 aliphatic carbocycles. The SMILES string of the molecule is COc1cc(/C=C2/NC(=O)N(Cc3cccc(C)c3)C2=O)c(Br)cc1OCc1cccc(C)c1. The molecule has 3 amide bonds. The fourth-order valence-corrected chi connectivity index (χ4v) is 4.20. The van der Waals surface area contributed by atoms with Crippen molar-refractivity contribution in [2.24, 2.45) is 0 Å². The van der Waals surface area contributed by atoms with Crippen molar-refractivity contribution in [1.29, 1.82) is 0 Å². The Hall–Kier alpha value is -3.58. The van der Waals surface area contributed by atoms with Crippen LogP contribution in [0.1, 0.15) is 27.8 Å². The van der Waals surface area contributed by atoms with Crippen LogP contribution in [-0.4, -0.2) is 23.9 Å². The van der Waals surface area contributed by atoms with Crippen molar-refractivity contribution in [2.75, 3.05) is 7.11 Å². The zero-order valence-corrected chi connectivity index (χ0v) is 20.8. The van der Waals surface area contributed by atoms with E-state index in [0.717, 1.165) is 22.3 Å². The van der Waals surface area contributed by atoms with Gasteiger partial charge in [0.2, 0.25) is 0 Å². The minimum Gasteiger partial charge on any atom is -0.493 e. The highest BCUT2D eigenvalue weighted by Crippen LogP contribution is 2.35. The van der Waals surface area contributed by atoms with Crippen LogP contribution in [0.2, 0.25) is 0 Å². The molecule has 6 nitrogen and oxygen atoms in total. The van der Waals surface area contributed by atoms with Gasteiger partial charge in [0, 0.05) is 4.47 Å². The second kappa shape index (κ2) is 10.1. The van der Waals surface area contributed by atoms with E-state index in [1.165, 1.54) is 4.90 Å².